The molecule has 0 bridgehead atoms. The van der Waals surface area contributed by atoms with Crippen LogP contribution in [0.4, 0.5) is 0 Å². The lowest BCUT2D eigenvalue weighted by Gasteiger charge is -2.35. The summed E-state index contributed by atoms with van der Waals surface area (Å²) in [5.41, 5.74) is 0.442. The Kier molecular flexibility index (Phi) is 5.68. The molecule has 5 nitrogen and oxygen atoms in total. The van der Waals surface area contributed by atoms with Crippen molar-refractivity contribution in [3.63, 3.8) is 0 Å². The summed E-state index contributed by atoms with van der Waals surface area (Å²) < 4.78 is 0. The quantitative estimate of drug-likeness (QED) is 0.748. The van der Waals surface area contributed by atoms with E-state index in [-0.39, 0.29) is 30.1 Å². The van der Waals surface area contributed by atoms with Gasteiger partial charge in [0.05, 0.1) is 18.1 Å². The average molecular weight is 333 g/mol. The predicted molar refractivity (Wildman–Crippen MR) is 95.9 cm³/mol. The van der Waals surface area contributed by atoms with Crippen LogP contribution in [0, 0.1) is 0 Å². The van der Waals surface area contributed by atoms with Crippen LogP contribution in [0.25, 0.3) is 0 Å². The molecule has 1 aromatic rings. The number of nitrogens with one attached hydrogen (secondary N) is 2. The third kappa shape index (κ3) is 4.35. The molecule has 2 unspecified atom stereocenters. The lowest BCUT2D eigenvalue weighted by Crippen LogP contribution is -2.54. The van der Waals surface area contributed by atoms with Gasteiger partial charge >= 0.3 is 0 Å². The van der Waals surface area contributed by atoms with Crippen molar-refractivity contribution in [1.29, 1.82) is 0 Å². The minimum Gasteiger partial charge on any atom is -0.350 e. The second-order valence-corrected chi connectivity index (χ2v) is 8.07. The lowest BCUT2D eigenvalue weighted by molar-refractivity contribution is -0.194. The van der Waals surface area contributed by atoms with E-state index in [2.05, 4.69) is 29.7 Å². The molecular weight excluding hydrogens is 302 g/mol. The Morgan fingerprint density at radius 1 is 1.29 bits per heavy atom. The zero-order valence-corrected chi connectivity index (χ0v) is 15.5. The highest BCUT2D eigenvalue weighted by atomic mass is 16.5. The first-order valence-electron chi connectivity index (χ1n) is 8.69. The van der Waals surface area contributed by atoms with E-state index >= 15 is 0 Å². The van der Waals surface area contributed by atoms with E-state index in [1.165, 1.54) is 10.6 Å². The first-order chi connectivity index (χ1) is 11.1. The molecule has 2 atom stereocenters. The number of hydroxylamine groups is 2. The van der Waals surface area contributed by atoms with Crippen molar-refractivity contribution in [2.75, 3.05) is 6.54 Å². The van der Waals surface area contributed by atoms with Gasteiger partial charge in [-0.1, -0.05) is 30.3 Å². The van der Waals surface area contributed by atoms with E-state index in [1.54, 1.807) is 0 Å². The van der Waals surface area contributed by atoms with Crippen molar-refractivity contribution in [2.24, 2.45) is 0 Å². The summed E-state index contributed by atoms with van der Waals surface area (Å²) in [6.07, 6.45) is 1.61. The number of amides is 1. The molecule has 0 aromatic heterocycles. The summed E-state index contributed by atoms with van der Waals surface area (Å²) >= 11 is 0. The molecule has 1 saturated heterocycles. The summed E-state index contributed by atoms with van der Waals surface area (Å²) in [4.78, 5) is 12.3. The molecule has 1 aromatic carbocycles. The molecule has 0 saturated carbocycles. The summed E-state index contributed by atoms with van der Waals surface area (Å²) in [5, 5.41) is 18.0. The predicted octanol–water partition coefficient (Wildman–Crippen LogP) is 2.34. The zero-order valence-electron chi connectivity index (χ0n) is 15.5. The van der Waals surface area contributed by atoms with E-state index in [0.717, 1.165) is 12.8 Å². The van der Waals surface area contributed by atoms with Gasteiger partial charge < -0.3 is 15.8 Å². The molecule has 1 heterocycles. The fourth-order valence-corrected chi connectivity index (χ4v) is 3.54. The number of benzene rings is 1. The van der Waals surface area contributed by atoms with Crippen molar-refractivity contribution in [3.05, 3.63) is 35.9 Å². The molecule has 2 rings (SSSR count). The van der Waals surface area contributed by atoms with E-state index < -0.39 is 5.54 Å². The maximum absolute atomic E-state index is 12.3. The van der Waals surface area contributed by atoms with E-state index in [1.807, 2.05) is 45.9 Å². The molecule has 0 spiro atoms. The fraction of sp³-hybridized carbons (Fsp3) is 0.632. The molecule has 0 aliphatic carbocycles. The van der Waals surface area contributed by atoms with Crippen molar-refractivity contribution < 1.29 is 10.0 Å². The number of carbonyl (C=O) groups is 1. The van der Waals surface area contributed by atoms with Gasteiger partial charge in [-0.25, -0.2) is 0 Å². The minimum absolute atomic E-state index is 0.0286. The van der Waals surface area contributed by atoms with E-state index in [4.69, 9.17) is 0 Å². The van der Waals surface area contributed by atoms with Crippen LogP contribution in [0.1, 0.15) is 46.6 Å². The summed E-state index contributed by atoms with van der Waals surface area (Å²) in [5.74, 6) is -0.0286. The molecular formula is C19H31N3O2. The van der Waals surface area contributed by atoms with E-state index in [0.29, 0.717) is 0 Å². The molecule has 1 amide bonds. The second kappa shape index (κ2) is 7.21. The van der Waals surface area contributed by atoms with Crippen LogP contribution >= 0.6 is 0 Å². The number of rotatable bonds is 6. The van der Waals surface area contributed by atoms with Crippen LogP contribution < -0.4 is 10.6 Å². The molecule has 3 N–H and O–H groups in total. The molecule has 1 fully saturated rings. The van der Waals surface area contributed by atoms with Gasteiger partial charge in [0.25, 0.3) is 0 Å². The van der Waals surface area contributed by atoms with Gasteiger partial charge in [0, 0.05) is 11.6 Å². The van der Waals surface area contributed by atoms with Crippen LogP contribution in [-0.2, 0) is 11.2 Å². The molecule has 1 aliphatic heterocycles. The summed E-state index contributed by atoms with van der Waals surface area (Å²) in [6.45, 7) is 10.3. The van der Waals surface area contributed by atoms with Gasteiger partial charge in [0.1, 0.15) is 0 Å². The van der Waals surface area contributed by atoms with Crippen molar-refractivity contribution in [3.8, 4) is 0 Å². The van der Waals surface area contributed by atoms with Crippen LogP contribution in [0.2, 0.25) is 0 Å². The standard InChI is InChI=1S/C19H31N3O2/c1-14(11-15-9-7-6-8-10-15)20-13-17(23)21-16-12-18(2,3)22(24)19(16,4)5/h6-10,14,16,20,24H,11-13H2,1-5H3,(H,21,23). The van der Waals surface area contributed by atoms with Gasteiger partial charge in [-0.2, -0.15) is 5.06 Å². The van der Waals surface area contributed by atoms with Crippen molar-refractivity contribution >= 4 is 5.91 Å². The maximum Gasteiger partial charge on any atom is 0.234 e. The Morgan fingerprint density at radius 3 is 2.46 bits per heavy atom. The van der Waals surface area contributed by atoms with Crippen LogP contribution in [-0.4, -0.2) is 45.9 Å². The minimum atomic E-state index is -0.477. The topological polar surface area (TPSA) is 64.6 Å². The normalized spacial score (nSPS) is 23.8. The van der Waals surface area contributed by atoms with Gasteiger partial charge in [-0.05, 0) is 53.0 Å². The molecule has 0 radical (unpaired) electrons. The Balaban J connectivity index is 1.81. The number of hydrogen-bond donors (Lipinski definition) is 3. The van der Waals surface area contributed by atoms with Crippen molar-refractivity contribution in [2.45, 2.75) is 70.6 Å². The first-order valence-corrected chi connectivity index (χ1v) is 8.69. The average Bonchev–Trinajstić information content (AvgIpc) is 2.66. The third-order valence-electron chi connectivity index (χ3n) is 5.01. The Bertz CT molecular complexity index is 557. The van der Waals surface area contributed by atoms with E-state index in [9.17, 15) is 10.0 Å². The molecule has 5 heteroatoms. The second-order valence-electron chi connectivity index (χ2n) is 8.07. The number of nitrogens with zero attached hydrogens (tertiary/aromatic N) is 1. The highest BCUT2D eigenvalue weighted by Crippen LogP contribution is 2.38. The molecule has 1 aliphatic rings. The van der Waals surface area contributed by atoms with Gasteiger partial charge in [-0.15, -0.1) is 0 Å². The molecule has 134 valence electrons. The van der Waals surface area contributed by atoms with Gasteiger partial charge in [0.2, 0.25) is 5.91 Å². The number of hydrogen-bond acceptors (Lipinski definition) is 4. The van der Waals surface area contributed by atoms with Gasteiger partial charge in [0.15, 0.2) is 0 Å². The van der Waals surface area contributed by atoms with Crippen LogP contribution in [0.5, 0.6) is 0 Å². The SMILES string of the molecule is CC(Cc1ccccc1)NCC(=O)NC1CC(C)(C)N(O)C1(C)C. The van der Waals surface area contributed by atoms with Crippen LogP contribution in [0.3, 0.4) is 0 Å². The third-order valence-corrected chi connectivity index (χ3v) is 5.01. The molecule has 24 heavy (non-hydrogen) atoms. The maximum atomic E-state index is 12.3. The highest BCUT2D eigenvalue weighted by Gasteiger charge is 2.51. The zero-order chi connectivity index (χ0) is 18.0. The largest absolute Gasteiger partial charge is 0.350 e. The van der Waals surface area contributed by atoms with Crippen molar-refractivity contribution in [1.82, 2.24) is 15.7 Å². The Labute approximate surface area is 145 Å². The van der Waals surface area contributed by atoms with Crippen LogP contribution in [0.15, 0.2) is 30.3 Å². The lowest BCUT2D eigenvalue weighted by atomic mass is 9.94. The highest BCUT2D eigenvalue weighted by molar-refractivity contribution is 5.78. The first kappa shape index (κ1) is 18.9. The number of carbonyl (C=O) groups excluding carboxylic acids is 1. The Morgan fingerprint density at radius 2 is 1.92 bits per heavy atom. The van der Waals surface area contributed by atoms with Gasteiger partial charge in [-0.3, -0.25) is 4.79 Å². The monoisotopic (exact) mass is 333 g/mol. The fourth-order valence-electron chi connectivity index (χ4n) is 3.54. The summed E-state index contributed by atoms with van der Waals surface area (Å²) in [6, 6.07) is 10.4. The summed E-state index contributed by atoms with van der Waals surface area (Å²) in [7, 11) is 0. The Hall–Kier alpha value is -1.43. The smallest absolute Gasteiger partial charge is 0.234 e.